The second-order valence-electron chi connectivity index (χ2n) is 4.64. The van der Waals surface area contributed by atoms with Crippen LogP contribution in [0.5, 0.6) is 0 Å². The first-order valence-electron chi connectivity index (χ1n) is 6.93. The minimum Gasteiger partial charge on any atom is -0.296 e. The van der Waals surface area contributed by atoms with Gasteiger partial charge in [-0.15, -0.1) is 0 Å². The summed E-state index contributed by atoms with van der Waals surface area (Å²) in [5.74, 6) is 5.88. The molecule has 0 aliphatic carbocycles. The van der Waals surface area contributed by atoms with Crippen molar-refractivity contribution in [1.29, 1.82) is 0 Å². The lowest BCUT2D eigenvalue weighted by Crippen LogP contribution is -2.57. The van der Waals surface area contributed by atoms with Gasteiger partial charge in [0.25, 0.3) is 0 Å². The van der Waals surface area contributed by atoms with Crippen molar-refractivity contribution in [3.8, 4) is 0 Å². The maximum absolute atomic E-state index is 5.88. The molecule has 1 rings (SSSR count). The molecule has 0 aliphatic heterocycles. The summed E-state index contributed by atoms with van der Waals surface area (Å²) in [7, 11) is 0. The molecule has 1 unspecified atom stereocenters. The van der Waals surface area contributed by atoms with E-state index in [1.54, 1.807) is 11.3 Å². The topological polar surface area (TPSA) is 41.3 Å². The van der Waals surface area contributed by atoms with Crippen LogP contribution in [0.3, 0.4) is 0 Å². The fourth-order valence-electron chi connectivity index (χ4n) is 3.14. The number of hydrogen-bond donors (Lipinski definition) is 2. The van der Waals surface area contributed by atoms with Crippen molar-refractivity contribution in [1.82, 2.24) is 10.3 Å². The third-order valence-electron chi connectivity index (χ3n) is 4.20. The van der Waals surface area contributed by atoms with Crippen molar-refractivity contribution in [3.63, 3.8) is 0 Å². The lowest BCUT2D eigenvalue weighted by atomic mass is 9.80. The first kappa shape index (κ1) is 15.6. The van der Waals surface area contributed by atoms with Gasteiger partial charge in [0.15, 0.2) is 0 Å². The van der Waals surface area contributed by atoms with Crippen LogP contribution in [0.15, 0.2) is 16.8 Å². The van der Waals surface area contributed by atoms with Gasteiger partial charge in [-0.05, 0) is 48.3 Å². The molecule has 1 aromatic heterocycles. The van der Waals surface area contributed by atoms with Crippen molar-refractivity contribution >= 4 is 11.3 Å². The highest BCUT2D eigenvalue weighted by molar-refractivity contribution is 7.07. The fraction of sp³-hybridized carbons (Fsp3) is 0.714. The lowest BCUT2D eigenvalue weighted by molar-refractivity contribution is 0.0488. The van der Waals surface area contributed by atoms with Crippen molar-refractivity contribution in [2.24, 2.45) is 5.84 Å². The molecule has 0 aliphatic rings. The molecule has 0 amide bonds. The summed E-state index contributed by atoms with van der Waals surface area (Å²) in [6.07, 6.45) is 2.19. The van der Waals surface area contributed by atoms with Gasteiger partial charge in [0.05, 0.1) is 6.04 Å². The Hall–Kier alpha value is -0.420. The van der Waals surface area contributed by atoms with E-state index in [0.29, 0.717) is 0 Å². The van der Waals surface area contributed by atoms with E-state index in [0.717, 1.165) is 25.9 Å². The number of nitrogens with one attached hydrogen (secondary N) is 1. The Balaban J connectivity index is 3.15. The standard InChI is InChI=1S/C14H27N3S/c1-5-14(6-2,17(7-3)8-4)13(16-15)12-9-10-18-11-12/h9-11,13,16H,5-8,15H2,1-4H3. The van der Waals surface area contributed by atoms with E-state index in [1.807, 2.05) is 0 Å². The number of likely N-dealkylation sites (N-methyl/N-ethyl adjacent to an activating group) is 1. The van der Waals surface area contributed by atoms with E-state index in [2.05, 4.69) is 54.8 Å². The van der Waals surface area contributed by atoms with Gasteiger partial charge in [-0.2, -0.15) is 11.3 Å². The van der Waals surface area contributed by atoms with E-state index in [4.69, 9.17) is 5.84 Å². The summed E-state index contributed by atoms with van der Waals surface area (Å²) >= 11 is 1.73. The van der Waals surface area contributed by atoms with Gasteiger partial charge in [0.2, 0.25) is 0 Å². The molecule has 0 bridgehead atoms. The predicted molar refractivity (Wildman–Crippen MR) is 80.6 cm³/mol. The molecule has 0 saturated heterocycles. The zero-order valence-electron chi connectivity index (χ0n) is 12.1. The molecule has 104 valence electrons. The first-order chi connectivity index (χ1) is 8.69. The summed E-state index contributed by atoms with van der Waals surface area (Å²) in [5, 5.41) is 4.33. The van der Waals surface area contributed by atoms with Crippen LogP contribution in [-0.4, -0.2) is 23.5 Å². The number of nitrogens with two attached hydrogens (primary N) is 1. The summed E-state index contributed by atoms with van der Waals surface area (Å²) in [6.45, 7) is 11.1. The summed E-state index contributed by atoms with van der Waals surface area (Å²) in [5.41, 5.74) is 4.46. The molecule has 0 radical (unpaired) electrons. The molecule has 0 saturated carbocycles. The lowest BCUT2D eigenvalue weighted by Gasteiger charge is -2.47. The van der Waals surface area contributed by atoms with Crippen LogP contribution in [0.25, 0.3) is 0 Å². The minimum atomic E-state index is 0.0966. The second kappa shape index (κ2) is 7.24. The number of hydrazine groups is 1. The van der Waals surface area contributed by atoms with Crippen LogP contribution in [0.2, 0.25) is 0 Å². The highest BCUT2D eigenvalue weighted by Gasteiger charge is 2.40. The maximum Gasteiger partial charge on any atom is 0.0651 e. The number of thiophene rings is 1. The quantitative estimate of drug-likeness (QED) is 0.563. The maximum atomic E-state index is 5.88. The SMILES string of the molecule is CCN(CC)C(CC)(CC)C(NN)c1ccsc1. The fourth-order valence-corrected chi connectivity index (χ4v) is 3.83. The van der Waals surface area contributed by atoms with Crippen molar-refractivity contribution in [2.45, 2.75) is 52.1 Å². The monoisotopic (exact) mass is 269 g/mol. The molecular formula is C14H27N3S. The largest absolute Gasteiger partial charge is 0.296 e. The Kier molecular flexibility index (Phi) is 6.29. The third-order valence-corrected chi connectivity index (χ3v) is 4.90. The molecule has 18 heavy (non-hydrogen) atoms. The average molecular weight is 269 g/mol. The molecule has 1 heterocycles. The molecule has 1 aromatic rings. The van der Waals surface area contributed by atoms with Gasteiger partial charge >= 0.3 is 0 Å². The first-order valence-corrected chi connectivity index (χ1v) is 7.87. The van der Waals surface area contributed by atoms with Gasteiger partial charge in [0, 0.05) is 5.54 Å². The van der Waals surface area contributed by atoms with Crippen molar-refractivity contribution in [2.75, 3.05) is 13.1 Å². The third kappa shape index (κ3) is 2.77. The van der Waals surface area contributed by atoms with E-state index in [1.165, 1.54) is 5.56 Å². The Morgan fingerprint density at radius 2 is 1.89 bits per heavy atom. The highest BCUT2D eigenvalue weighted by Crippen LogP contribution is 2.37. The summed E-state index contributed by atoms with van der Waals surface area (Å²) in [6, 6.07) is 2.37. The van der Waals surface area contributed by atoms with E-state index in [9.17, 15) is 0 Å². The molecule has 0 fully saturated rings. The zero-order valence-corrected chi connectivity index (χ0v) is 12.9. The Morgan fingerprint density at radius 1 is 1.28 bits per heavy atom. The van der Waals surface area contributed by atoms with Crippen LogP contribution in [0.1, 0.15) is 52.1 Å². The van der Waals surface area contributed by atoms with Gasteiger partial charge in [-0.25, -0.2) is 0 Å². The van der Waals surface area contributed by atoms with Crippen LogP contribution in [0, 0.1) is 0 Å². The van der Waals surface area contributed by atoms with Crippen LogP contribution >= 0.6 is 11.3 Å². The van der Waals surface area contributed by atoms with Gasteiger partial charge in [-0.1, -0.05) is 27.7 Å². The number of rotatable bonds is 8. The van der Waals surface area contributed by atoms with Crippen LogP contribution in [-0.2, 0) is 0 Å². The average Bonchev–Trinajstić information content (AvgIpc) is 2.92. The minimum absolute atomic E-state index is 0.0966. The second-order valence-corrected chi connectivity index (χ2v) is 5.42. The number of nitrogens with zero attached hydrogens (tertiary/aromatic N) is 1. The number of hydrogen-bond acceptors (Lipinski definition) is 4. The van der Waals surface area contributed by atoms with Crippen LogP contribution < -0.4 is 11.3 Å². The Morgan fingerprint density at radius 3 is 2.22 bits per heavy atom. The van der Waals surface area contributed by atoms with E-state index < -0.39 is 0 Å². The smallest absolute Gasteiger partial charge is 0.0651 e. The molecule has 0 aromatic carbocycles. The summed E-state index contributed by atoms with van der Waals surface area (Å²) < 4.78 is 0. The molecule has 3 N–H and O–H groups in total. The Bertz CT molecular complexity index is 316. The Labute approximate surface area is 115 Å². The molecule has 0 spiro atoms. The van der Waals surface area contributed by atoms with Gasteiger partial charge in [0.1, 0.15) is 0 Å². The predicted octanol–water partition coefficient (Wildman–Crippen LogP) is 3.15. The summed E-state index contributed by atoms with van der Waals surface area (Å²) in [4.78, 5) is 2.54. The van der Waals surface area contributed by atoms with Crippen molar-refractivity contribution < 1.29 is 0 Å². The van der Waals surface area contributed by atoms with E-state index >= 15 is 0 Å². The highest BCUT2D eigenvalue weighted by atomic mass is 32.1. The molecule has 3 nitrogen and oxygen atoms in total. The normalized spacial score (nSPS) is 14.1. The van der Waals surface area contributed by atoms with Crippen molar-refractivity contribution in [3.05, 3.63) is 22.4 Å². The molecule has 4 heteroatoms. The van der Waals surface area contributed by atoms with Gasteiger partial charge in [-0.3, -0.25) is 16.2 Å². The van der Waals surface area contributed by atoms with Crippen LogP contribution in [0.4, 0.5) is 0 Å². The van der Waals surface area contributed by atoms with Gasteiger partial charge < -0.3 is 0 Å². The van der Waals surface area contributed by atoms with E-state index in [-0.39, 0.29) is 11.6 Å². The molecule has 1 atom stereocenters. The zero-order chi connectivity index (χ0) is 13.6. The molecular weight excluding hydrogens is 242 g/mol.